The highest BCUT2D eigenvalue weighted by Gasteiger charge is 2.20. The summed E-state index contributed by atoms with van der Waals surface area (Å²) < 4.78 is 31.5. The monoisotopic (exact) mass is 400 g/mol. The Kier molecular flexibility index (Phi) is 7.43. The summed E-state index contributed by atoms with van der Waals surface area (Å²) in [7, 11) is 1.63. The summed E-state index contributed by atoms with van der Waals surface area (Å²) in [6.07, 6.45) is 3.21. The van der Waals surface area contributed by atoms with Gasteiger partial charge in [0.1, 0.15) is 10.8 Å². The number of halogens is 2. The number of likely N-dealkylation sites (N-methyl/N-ethyl adjacent to an activating group) is 1. The molecule has 0 saturated carbocycles. The van der Waals surface area contributed by atoms with E-state index < -0.39 is 12.5 Å². The second kappa shape index (κ2) is 9.56. The van der Waals surface area contributed by atoms with Gasteiger partial charge in [0.15, 0.2) is 0 Å². The van der Waals surface area contributed by atoms with Crippen molar-refractivity contribution in [3.8, 4) is 0 Å². The Morgan fingerprint density at radius 2 is 2.15 bits per heavy atom. The van der Waals surface area contributed by atoms with Gasteiger partial charge in [-0.05, 0) is 26.5 Å². The standard InChI is InChI=1S/C17H22F2N4O3S/c1-4-11-8-12(16(25)26-5-2)15(27-11)21-14(24)10-22(3)9-13-20-6-7-23(13)17(18)19/h6-8,17H,4-5,9-10H2,1-3H3,(H,21,24). The number of alkyl halides is 2. The molecule has 0 unspecified atom stereocenters. The van der Waals surface area contributed by atoms with Crippen LogP contribution in [-0.2, 0) is 22.5 Å². The highest BCUT2D eigenvalue weighted by molar-refractivity contribution is 7.16. The molecule has 2 rings (SSSR count). The molecular formula is C17H22F2N4O3S. The second-order valence-corrected chi connectivity index (χ2v) is 6.92. The molecular weight excluding hydrogens is 378 g/mol. The average Bonchev–Trinajstić information content (AvgIpc) is 3.21. The lowest BCUT2D eigenvalue weighted by molar-refractivity contribution is -0.117. The minimum Gasteiger partial charge on any atom is -0.462 e. The maximum Gasteiger partial charge on any atom is 0.341 e. The predicted octanol–water partition coefficient (Wildman–Crippen LogP) is 3.15. The first-order chi connectivity index (χ1) is 12.8. The van der Waals surface area contributed by atoms with Gasteiger partial charge in [-0.3, -0.25) is 14.3 Å². The van der Waals surface area contributed by atoms with Crippen molar-refractivity contribution in [2.45, 2.75) is 33.4 Å². The van der Waals surface area contributed by atoms with Crippen LogP contribution in [-0.4, -0.2) is 46.5 Å². The Balaban J connectivity index is 2.01. The lowest BCUT2D eigenvalue weighted by Gasteiger charge is -2.16. The SMILES string of the molecule is CCOC(=O)c1cc(CC)sc1NC(=O)CN(C)Cc1nccn1C(F)F. The van der Waals surface area contributed by atoms with Gasteiger partial charge in [0.2, 0.25) is 5.91 Å². The van der Waals surface area contributed by atoms with Gasteiger partial charge in [-0.2, -0.15) is 8.78 Å². The fourth-order valence-electron chi connectivity index (χ4n) is 2.42. The molecule has 27 heavy (non-hydrogen) atoms. The van der Waals surface area contributed by atoms with Gasteiger partial charge >= 0.3 is 12.5 Å². The molecule has 0 aliphatic carbocycles. The highest BCUT2D eigenvalue weighted by atomic mass is 32.1. The van der Waals surface area contributed by atoms with E-state index in [2.05, 4.69) is 10.3 Å². The number of nitrogens with one attached hydrogen (secondary N) is 1. The Labute approximate surface area is 159 Å². The first-order valence-electron chi connectivity index (χ1n) is 8.43. The molecule has 0 aromatic carbocycles. The number of amides is 1. The van der Waals surface area contributed by atoms with Crippen molar-refractivity contribution in [1.29, 1.82) is 0 Å². The van der Waals surface area contributed by atoms with E-state index in [0.717, 1.165) is 15.9 Å². The molecule has 10 heteroatoms. The van der Waals surface area contributed by atoms with Crippen LogP contribution >= 0.6 is 11.3 Å². The van der Waals surface area contributed by atoms with E-state index in [4.69, 9.17) is 4.74 Å². The predicted molar refractivity (Wildman–Crippen MR) is 98.1 cm³/mol. The van der Waals surface area contributed by atoms with Gasteiger partial charge in [-0.1, -0.05) is 6.92 Å². The van der Waals surface area contributed by atoms with E-state index in [1.165, 1.54) is 23.7 Å². The summed E-state index contributed by atoms with van der Waals surface area (Å²) in [6.45, 7) is 1.25. The number of nitrogens with zero attached hydrogens (tertiary/aromatic N) is 3. The molecule has 1 N–H and O–H groups in total. The Bertz CT molecular complexity index is 791. The first-order valence-corrected chi connectivity index (χ1v) is 9.25. The van der Waals surface area contributed by atoms with E-state index in [9.17, 15) is 18.4 Å². The fourth-order valence-corrected chi connectivity index (χ4v) is 3.42. The van der Waals surface area contributed by atoms with Crippen LogP contribution in [0.5, 0.6) is 0 Å². The summed E-state index contributed by atoms with van der Waals surface area (Å²) >= 11 is 1.31. The third-order valence-corrected chi connectivity index (χ3v) is 4.86. The van der Waals surface area contributed by atoms with Crippen molar-refractivity contribution in [1.82, 2.24) is 14.5 Å². The molecule has 0 spiro atoms. The summed E-state index contributed by atoms with van der Waals surface area (Å²) in [5.74, 6) is -0.685. The number of hydrogen-bond donors (Lipinski definition) is 1. The van der Waals surface area contributed by atoms with Gasteiger partial charge in [0.05, 0.1) is 25.3 Å². The average molecular weight is 400 g/mol. The molecule has 0 bridgehead atoms. The molecule has 1 amide bonds. The molecule has 7 nitrogen and oxygen atoms in total. The maximum atomic E-state index is 12.9. The van der Waals surface area contributed by atoms with Gasteiger partial charge in [0.25, 0.3) is 0 Å². The molecule has 2 aromatic rings. The Morgan fingerprint density at radius 3 is 2.78 bits per heavy atom. The number of imidazole rings is 1. The van der Waals surface area contributed by atoms with Crippen molar-refractivity contribution in [2.75, 3.05) is 25.5 Å². The number of hydrogen-bond acceptors (Lipinski definition) is 6. The molecule has 2 aromatic heterocycles. The third kappa shape index (κ3) is 5.57. The topological polar surface area (TPSA) is 76.5 Å². The lowest BCUT2D eigenvalue weighted by Crippen LogP contribution is -2.31. The minimum atomic E-state index is -2.68. The van der Waals surface area contributed by atoms with Crippen LogP contribution in [0.25, 0.3) is 0 Å². The number of esters is 1. The van der Waals surface area contributed by atoms with Gasteiger partial charge in [-0.25, -0.2) is 9.78 Å². The molecule has 0 aliphatic heterocycles. The summed E-state index contributed by atoms with van der Waals surface area (Å²) in [5.41, 5.74) is 0.322. The molecule has 0 radical (unpaired) electrons. The first kappa shape index (κ1) is 21.0. The number of ether oxygens (including phenoxy) is 1. The maximum absolute atomic E-state index is 12.9. The number of carbonyl (C=O) groups excluding carboxylic acids is 2. The van der Waals surface area contributed by atoms with E-state index in [1.54, 1.807) is 24.9 Å². The normalized spacial score (nSPS) is 11.2. The van der Waals surface area contributed by atoms with Gasteiger partial charge in [0, 0.05) is 17.3 Å². The second-order valence-electron chi connectivity index (χ2n) is 5.78. The van der Waals surface area contributed by atoms with E-state index >= 15 is 0 Å². The molecule has 0 atom stereocenters. The van der Waals surface area contributed by atoms with E-state index in [1.807, 2.05) is 6.92 Å². The largest absolute Gasteiger partial charge is 0.462 e. The van der Waals surface area contributed by atoms with Crippen LogP contribution in [0.4, 0.5) is 13.8 Å². The van der Waals surface area contributed by atoms with Crippen molar-refractivity contribution in [3.05, 3.63) is 34.7 Å². The number of anilines is 1. The van der Waals surface area contributed by atoms with Crippen molar-refractivity contribution in [2.24, 2.45) is 0 Å². The number of aromatic nitrogens is 2. The molecule has 0 aliphatic rings. The summed E-state index contributed by atoms with van der Waals surface area (Å²) in [5, 5.41) is 3.14. The van der Waals surface area contributed by atoms with Gasteiger partial charge < -0.3 is 10.1 Å². The zero-order chi connectivity index (χ0) is 20.0. The van der Waals surface area contributed by atoms with Crippen molar-refractivity contribution in [3.63, 3.8) is 0 Å². The molecule has 2 heterocycles. The van der Waals surface area contributed by atoms with Gasteiger partial charge in [-0.15, -0.1) is 11.3 Å². The number of carbonyl (C=O) groups is 2. The van der Waals surface area contributed by atoms with Crippen molar-refractivity contribution < 1.29 is 23.1 Å². The molecule has 0 fully saturated rings. The lowest BCUT2D eigenvalue weighted by atomic mass is 10.2. The number of rotatable bonds is 9. The highest BCUT2D eigenvalue weighted by Crippen LogP contribution is 2.29. The minimum absolute atomic E-state index is 0.0439. The van der Waals surface area contributed by atoms with Crippen LogP contribution in [0.3, 0.4) is 0 Å². The summed E-state index contributed by atoms with van der Waals surface area (Å²) in [4.78, 5) is 30.8. The smallest absolute Gasteiger partial charge is 0.341 e. The van der Waals surface area contributed by atoms with Crippen LogP contribution < -0.4 is 5.32 Å². The quantitative estimate of drug-likeness (QED) is 0.655. The van der Waals surface area contributed by atoms with E-state index in [-0.39, 0.29) is 31.4 Å². The fraction of sp³-hybridized carbons (Fsp3) is 0.471. The Hall–Kier alpha value is -2.33. The number of thiophene rings is 1. The van der Waals surface area contributed by atoms with Crippen LogP contribution in [0, 0.1) is 0 Å². The molecule has 148 valence electrons. The zero-order valence-corrected chi connectivity index (χ0v) is 16.2. The van der Waals surface area contributed by atoms with Crippen LogP contribution in [0.1, 0.15) is 41.5 Å². The number of aryl methyl sites for hydroxylation is 1. The Morgan fingerprint density at radius 1 is 1.41 bits per heavy atom. The van der Waals surface area contributed by atoms with Crippen LogP contribution in [0.15, 0.2) is 18.5 Å². The molecule has 0 saturated heterocycles. The zero-order valence-electron chi connectivity index (χ0n) is 15.4. The van der Waals surface area contributed by atoms with Crippen LogP contribution in [0.2, 0.25) is 0 Å². The third-order valence-electron chi connectivity index (χ3n) is 3.66. The summed E-state index contributed by atoms with van der Waals surface area (Å²) in [6, 6.07) is 1.71. The van der Waals surface area contributed by atoms with Crippen molar-refractivity contribution >= 4 is 28.2 Å². The van der Waals surface area contributed by atoms with E-state index in [0.29, 0.717) is 10.6 Å².